The van der Waals surface area contributed by atoms with Gasteiger partial charge < -0.3 is 0 Å². The zero-order chi connectivity index (χ0) is 17.2. The van der Waals surface area contributed by atoms with Crippen molar-refractivity contribution < 1.29 is 13.2 Å². The second kappa shape index (κ2) is 7.09. The molecule has 0 atom stereocenters. The number of benzene rings is 2. The van der Waals surface area contributed by atoms with Crippen LogP contribution >= 0.6 is 34.8 Å². The largest absolute Gasteiger partial charge is 0.279 e. The van der Waals surface area contributed by atoms with Crippen LogP contribution in [0.25, 0.3) is 0 Å². The molecule has 0 aliphatic rings. The fourth-order valence-corrected chi connectivity index (χ4v) is 3.79. The van der Waals surface area contributed by atoms with E-state index in [1.54, 1.807) is 19.1 Å². The Balaban J connectivity index is 2.55. The van der Waals surface area contributed by atoms with Gasteiger partial charge >= 0.3 is 0 Å². The van der Waals surface area contributed by atoms with Gasteiger partial charge in [0.1, 0.15) is 6.54 Å². The molecule has 0 saturated carbocycles. The van der Waals surface area contributed by atoms with E-state index in [1.165, 1.54) is 30.3 Å². The monoisotopic (exact) mass is 391 g/mol. The minimum Gasteiger partial charge on any atom is -0.279 e. The van der Waals surface area contributed by atoms with Crippen LogP contribution in [0.15, 0.2) is 47.4 Å². The first kappa shape index (κ1) is 18.1. The zero-order valence-corrected chi connectivity index (χ0v) is 15.0. The third-order valence-corrected chi connectivity index (χ3v) is 5.68. The van der Waals surface area contributed by atoms with Crippen molar-refractivity contribution in [2.45, 2.75) is 11.8 Å². The molecular weight excluding hydrogens is 381 g/mol. The molecule has 0 saturated heterocycles. The summed E-state index contributed by atoms with van der Waals surface area (Å²) < 4.78 is 26.6. The van der Waals surface area contributed by atoms with Crippen LogP contribution in [0.5, 0.6) is 0 Å². The minimum atomic E-state index is -3.97. The lowest BCUT2D eigenvalue weighted by Crippen LogP contribution is -2.34. The number of nitrogens with zero attached hydrogens (tertiary/aromatic N) is 1. The Hall–Kier alpha value is -1.27. The van der Waals surface area contributed by atoms with Gasteiger partial charge in [-0.2, -0.15) is 0 Å². The molecule has 2 aromatic rings. The van der Waals surface area contributed by atoms with Gasteiger partial charge in [-0.15, -0.1) is 0 Å². The Kier molecular flexibility index (Phi) is 5.57. The van der Waals surface area contributed by atoms with E-state index in [-0.39, 0.29) is 4.90 Å². The first-order valence-electron chi connectivity index (χ1n) is 6.44. The van der Waals surface area contributed by atoms with Gasteiger partial charge in [-0.1, -0.05) is 23.2 Å². The molecule has 2 rings (SSSR count). The molecule has 0 aliphatic carbocycles. The SMILES string of the molecule is Cc1cc(N(CC(=O)Cl)S(=O)(=O)c2ccc(Cl)cc2)ccc1Cl. The summed E-state index contributed by atoms with van der Waals surface area (Å²) in [5, 5.41) is 0.108. The van der Waals surface area contributed by atoms with Gasteiger partial charge in [-0.25, -0.2) is 8.42 Å². The van der Waals surface area contributed by atoms with Crippen molar-refractivity contribution in [1.29, 1.82) is 0 Å². The van der Waals surface area contributed by atoms with Crippen molar-refractivity contribution >= 4 is 55.8 Å². The number of carbonyl (C=O) groups excluding carboxylic acids is 1. The fraction of sp³-hybridized carbons (Fsp3) is 0.133. The van der Waals surface area contributed by atoms with E-state index < -0.39 is 21.8 Å². The normalized spacial score (nSPS) is 11.3. The maximum atomic E-state index is 12.8. The third-order valence-electron chi connectivity index (χ3n) is 3.10. The van der Waals surface area contributed by atoms with Crippen LogP contribution in [0.2, 0.25) is 10.0 Å². The lowest BCUT2D eigenvalue weighted by atomic mass is 10.2. The van der Waals surface area contributed by atoms with Crippen LogP contribution in [-0.4, -0.2) is 20.2 Å². The van der Waals surface area contributed by atoms with Gasteiger partial charge in [-0.05, 0) is 66.6 Å². The molecule has 122 valence electrons. The van der Waals surface area contributed by atoms with Crippen molar-refractivity contribution in [3.05, 3.63) is 58.1 Å². The molecule has 0 fully saturated rings. The predicted octanol–water partition coefficient (Wildman–Crippen LogP) is 4.26. The number of halogens is 3. The summed E-state index contributed by atoms with van der Waals surface area (Å²) in [6, 6.07) is 10.3. The number of rotatable bonds is 5. The quantitative estimate of drug-likeness (QED) is 0.714. The van der Waals surface area contributed by atoms with Crippen LogP contribution < -0.4 is 4.31 Å². The molecule has 0 aliphatic heterocycles. The Morgan fingerprint density at radius 3 is 2.22 bits per heavy atom. The van der Waals surface area contributed by atoms with Crippen molar-refractivity contribution in [3.63, 3.8) is 0 Å². The van der Waals surface area contributed by atoms with Crippen LogP contribution in [0.1, 0.15) is 5.56 Å². The molecule has 2 aromatic carbocycles. The van der Waals surface area contributed by atoms with Gasteiger partial charge in [-0.3, -0.25) is 9.10 Å². The van der Waals surface area contributed by atoms with E-state index in [2.05, 4.69) is 0 Å². The number of carbonyl (C=O) groups is 1. The molecule has 4 nitrogen and oxygen atoms in total. The lowest BCUT2D eigenvalue weighted by Gasteiger charge is -2.23. The molecule has 0 unspecified atom stereocenters. The summed E-state index contributed by atoms with van der Waals surface area (Å²) in [6.07, 6.45) is 0. The first-order valence-corrected chi connectivity index (χ1v) is 9.02. The van der Waals surface area contributed by atoms with E-state index in [0.29, 0.717) is 21.3 Å². The molecule has 0 heterocycles. The van der Waals surface area contributed by atoms with Gasteiger partial charge in [0.15, 0.2) is 0 Å². The van der Waals surface area contributed by atoms with Crippen molar-refractivity contribution in [1.82, 2.24) is 0 Å². The van der Waals surface area contributed by atoms with Crippen molar-refractivity contribution in [2.75, 3.05) is 10.8 Å². The van der Waals surface area contributed by atoms with E-state index in [4.69, 9.17) is 34.8 Å². The number of hydrogen-bond acceptors (Lipinski definition) is 3. The summed E-state index contributed by atoms with van der Waals surface area (Å²) in [5.74, 6) is 0. The highest BCUT2D eigenvalue weighted by molar-refractivity contribution is 7.92. The van der Waals surface area contributed by atoms with E-state index in [0.717, 1.165) is 4.31 Å². The predicted molar refractivity (Wildman–Crippen MR) is 93.0 cm³/mol. The standard InChI is InChI=1S/C15H12Cl3NO3S/c1-10-8-12(4-7-14(10)17)19(9-15(18)20)23(21,22)13-5-2-11(16)3-6-13/h2-8H,9H2,1H3. The van der Waals surface area contributed by atoms with Gasteiger partial charge in [0.25, 0.3) is 10.0 Å². The molecule has 0 amide bonds. The highest BCUT2D eigenvalue weighted by Gasteiger charge is 2.27. The van der Waals surface area contributed by atoms with E-state index in [9.17, 15) is 13.2 Å². The number of aryl methyl sites for hydroxylation is 1. The summed E-state index contributed by atoms with van der Waals surface area (Å²) in [6.45, 7) is 1.25. The van der Waals surface area contributed by atoms with Gasteiger partial charge in [0, 0.05) is 10.0 Å². The molecular formula is C15H12Cl3NO3S. The van der Waals surface area contributed by atoms with Gasteiger partial charge in [0.05, 0.1) is 10.6 Å². The van der Waals surface area contributed by atoms with Crippen LogP contribution in [0.4, 0.5) is 5.69 Å². The molecule has 0 aromatic heterocycles. The Morgan fingerprint density at radius 1 is 1.09 bits per heavy atom. The number of anilines is 1. The number of hydrogen-bond donors (Lipinski definition) is 0. The zero-order valence-electron chi connectivity index (χ0n) is 12.0. The molecule has 0 radical (unpaired) electrons. The van der Waals surface area contributed by atoms with E-state index in [1.807, 2.05) is 0 Å². The fourth-order valence-electron chi connectivity index (χ4n) is 1.95. The Labute approximate surface area is 149 Å². The van der Waals surface area contributed by atoms with Crippen molar-refractivity contribution in [2.24, 2.45) is 0 Å². The summed E-state index contributed by atoms with van der Waals surface area (Å²) in [7, 11) is -3.97. The average molecular weight is 393 g/mol. The van der Waals surface area contributed by atoms with Crippen LogP contribution in [0, 0.1) is 6.92 Å². The Morgan fingerprint density at radius 2 is 1.70 bits per heavy atom. The first-order chi connectivity index (χ1) is 10.7. The molecule has 23 heavy (non-hydrogen) atoms. The highest BCUT2D eigenvalue weighted by atomic mass is 35.5. The molecule has 0 N–H and O–H groups in total. The summed E-state index contributed by atoms with van der Waals surface area (Å²) >= 11 is 17.2. The molecule has 0 bridgehead atoms. The second-order valence-electron chi connectivity index (χ2n) is 4.75. The molecule has 8 heteroatoms. The summed E-state index contributed by atoms with van der Waals surface area (Å²) in [4.78, 5) is 11.3. The maximum absolute atomic E-state index is 12.8. The second-order valence-corrected chi connectivity index (χ2v) is 7.88. The smallest absolute Gasteiger partial charge is 0.264 e. The molecule has 0 spiro atoms. The third kappa shape index (κ3) is 4.18. The number of sulfonamides is 1. The summed E-state index contributed by atoms with van der Waals surface area (Å²) in [5.41, 5.74) is 0.985. The topological polar surface area (TPSA) is 54.5 Å². The lowest BCUT2D eigenvalue weighted by molar-refractivity contribution is -0.110. The maximum Gasteiger partial charge on any atom is 0.264 e. The van der Waals surface area contributed by atoms with Gasteiger partial charge in [0.2, 0.25) is 5.24 Å². The van der Waals surface area contributed by atoms with Crippen LogP contribution in [0.3, 0.4) is 0 Å². The Bertz CT molecular complexity index is 836. The highest BCUT2D eigenvalue weighted by Crippen LogP contribution is 2.28. The average Bonchev–Trinajstić information content (AvgIpc) is 2.48. The minimum absolute atomic E-state index is 0.00687. The van der Waals surface area contributed by atoms with Crippen LogP contribution in [-0.2, 0) is 14.8 Å². The van der Waals surface area contributed by atoms with Crippen molar-refractivity contribution in [3.8, 4) is 0 Å². The van der Waals surface area contributed by atoms with E-state index >= 15 is 0 Å².